The molecule has 0 saturated heterocycles. The molecule has 1 fully saturated rings. The third-order valence-corrected chi connectivity index (χ3v) is 6.94. The summed E-state index contributed by atoms with van der Waals surface area (Å²) in [7, 11) is -3.99. The number of nitriles is 1. The zero-order valence-electron chi connectivity index (χ0n) is 17.4. The molecule has 1 aliphatic rings. The van der Waals surface area contributed by atoms with E-state index in [1.165, 1.54) is 6.07 Å². The Morgan fingerprint density at radius 1 is 0.938 bits per heavy atom. The van der Waals surface area contributed by atoms with Gasteiger partial charge in [0.1, 0.15) is 11.6 Å². The number of rotatable bonds is 8. The number of benzene rings is 3. The largest absolute Gasteiger partial charge is 0.336 e. The standard InChI is InChI=1S/C25H23N3O3S/c26-18-25(14-15-25)27-24(29)23(16-19-8-3-1-4-9-19)28-32(30,31)22-13-7-12-21(17-22)20-10-5-2-6-11-20/h1-13,17,23,28H,14-16H2,(H,27,29)/t23-/m0/s1. The number of carbonyl (C=O) groups excluding carboxylic acids is 1. The van der Waals surface area contributed by atoms with Crippen LogP contribution in [0, 0.1) is 11.3 Å². The van der Waals surface area contributed by atoms with Gasteiger partial charge in [-0.05, 0) is 48.1 Å². The lowest BCUT2D eigenvalue weighted by Gasteiger charge is -2.20. The van der Waals surface area contributed by atoms with E-state index in [-0.39, 0.29) is 11.3 Å². The maximum absolute atomic E-state index is 13.2. The Bertz CT molecular complexity index is 1250. The van der Waals surface area contributed by atoms with Gasteiger partial charge >= 0.3 is 0 Å². The highest BCUT2D eigenvalue weighted by Gasteiger charge is 2.46. The smallest absolute Gasteiger partial charge is 0.241 e. The Morgan fingerprint density at radius 2 is 1.56 bits per heavy atom. The van der Waals surface area contributed by atoms with Crippen molar-refractivity contribution in [3.8, 4) is 17.2 Å². The van der Waals surface area contributed by atoms with E-state index in [1.54, 1.807) is 12.1 Å². The van der Waals surface area contributed by atoms with Crippen LogP contribution in [0.2, 0.25) is 0 Å². The van der Waals surface area contributed by atoms with E-state index < -0.39 is 27.5 Å². The molecule has 0 spiro atoms. The highest BCUT2D eigenvalue weighted by molar-refractivity contribution is 7.89. The number of carbonyl (C=O) groups is 1. The predicted octanol–water partition coefficient (Wildman–Crippen LogP) is 3.42. The lowest BCUT2D eigenvalue weighted by atomic mass is 10.1. The Hall–Kier alpha value is -3.47. The first-order chi connectivity index (χ1) is 15.4. The van der Waals surface area contributed by atoms with Gasteiger partial charge in [-0.2, -0.15) is 9.98 Å². The monoisotopic (exact) mass is 445 g/mol. The van der Waals surface area contributed by atoms with Crippen molar-refractivity contribution in [2.24, 2.45) is 0 Å². The van der Waals surface area contributed by atoms with Crippen molar-refractivity contribution in [3.63, 3.8) is 0 Å². The van der Waals surface area contributed by atoms with Gasteiger partial charge in [-0.1, -0.05) is 72.8 Å². The van der Waals surface area contributed by atoms with Gasteiger partial charge in [0.05, 0.1) is 11.0 Å². The van der Waals surface area contributed by atoms with Crippen LogP contribution in [0.5, 0.6) is 0 Å². The molecule has 0 heterocycles. The molecule has 2 N–H and O–H groups in total. The van der Waals surface area contributed by atoms with Crippen molar-refractivity contribution < 1.29 is 13.2 Å². The quantitative estimate of drug-likeness (QED) is 0.555. The Kier molecular flexibility index (Phi) is 6.08. The highest BCUT2D eigenvalue weighted by Crippen LogP contribution is 2.34. The van der Waals surface area contributed by atoms with Crippen LogP contribution in [0.15, 0.2) is 89.8 Å². The van der Waals surface area contributed by atoms with Gasteiger partial charge in [0.15, 0.2) is 0 Å². The molecule has 6 nitrogen and oxygen atoms in total. The van der Waals surface area contributed by atoms with Crippen molar-refractivity contribution in [1.29, 1.82) is 5.26 Å². The molecule has 4 rings (SSSR count). The van der Waals surface area contributed by atoms with E-state index in [4.69, 9.17) is 0 Å². The van der Waals surface area contributed by atoms with E-state index in [9.17, 15) is 18.5 Å². The number of hydrogen-bond acceptors (Lipinski definition) is 4. The second kappa shape index (κ2) is 8.95. The molecule has 0 aliphatic heterocycles. The van der Waals surface area contributed by atoms with Crippen molar-refractivity contribution in [3.05, 3.63) is 90.5 Å². The normalized spacial score (nSPS) is 15.3. The van der Waals surface area contributed by atoms with Crippen molar-refractivity contribution in [1.82, 2.24) is 10.0 Å². The van der Waals surface area contributed by atoms with Gasteiger partial charge in [-0.25, -0.2) is 8.42 Å². The first-order valence-electron chi connectivity index (χ1n) is 10.4. The van der Waals surface area contributed by atoms with Gasteiger partial charge in [-0.3, -0.25) is 4.79 Å². The van der Waals surface area contributed by atoms with Gasteiger partial charge in [-0.15, -0.1) is 0 Å². The minimum Gasteiger partial charge on any atom is -0.336 e. The van der Waals surface area contributed by atoms with Gasteiger partial charge in [0.25, 0.3) is 0 Å². The summed E-state index contributed by atoms with van der Waals surface area (Å²) in [6.07, 6.45) is 1.31. The summed E-state index contributed by atoms with van der Waals surface area (Å²) < 4.78 is 29.0. The maximum Gasteiger partial charge on any atom is 0.241 e. The summed E-state index contributed by atoms with van der Waals surface area (Å²) in [5, 5.41) is 12.0. The Balaban J connectivity index is 1.60. The molecule has 1 atom stereocenters. The van der Waals surface area contributed by atoms with Crippen LogP contribution in [0.4, 0.5) is 0 Å². The van der Waals surface area contributed by atoms with E-state index >= 15 is 0 Å². The molecule has 3 aromatic carbocycles. The van der Waals surface area contributed by atoms with Crippen LogP contribution in [0.25, 0.3) is 11.1 Å². The lowest BCUT2D eigenvalue weighted by Crippen LogP contribution is -2.51. The van der Waals surface area contributed by atoms with Crippen molar-refractivity contribution in [2.45, 2.75) is 35.7 Å². The third kappa shape index (κ3) is 5.05. The average Bonchev–Trinajstić information content (AvgIpc) is 3.60. The minimum atomic E-state index is -3.99. The molecule has 7 heteroatoms. The molecule has 3 aromatic rings. The molecule has 1 saturated carbocycles. The van der Waals surface area contributed by atoms with Crippen LogP contribution in [0.1, 0.15) is 18.4 Å². The topological polar surface area (TPSA) is 99.1 Å². The van der Waals surface area contributed by atoms with Crippen molar-refractivity contribution in [2.75, 3.05) is 0 Å². The van der Waals surface area contributed by atoms with E-state index in [2.05, 4.69) is 16.1 Å². The molecule has 0 unspecified atom stereocenters. The predicted molar refractivity (Wildman–Crippen MR) is 122 cm³/mol. The first kappa shape index (κ1) is 21.8. The van der Waals surface area contributed by atoms with Gasteiger partial charge < -0.3 is 5.32 Å². The fourth-order valence-corrected chi connectivity index (χ4v) is 4.72. The summed E-state index contributed by atoms with van der Waals surface area (Å²) in [6.45, 7) is 0. The van der Waals surface area contributed by atoms with Gasteiger partial charge in [0, 0.05) is 0 Å². The zero-order valence-corrected chi connectivity index (χ0v) is 18.2. The SMILES string of the molecule is N#CC1(NC(=O)[C@H](Cc2ccccc2)NS(=O)(=O)c2cccc(-c3ccccc3)c2)CC1. The van der Waals surface area contributed by atoms with E-state index in [1.807, 2.05) is 66.7 Å². The molecule has 0 bridgehead atoms. The molecule has 0 aromatic heterocycles. The molecular weight excluding hydrogens is 422 g/mol. The van der Waals surface area contributed by atoms with E-state index in [0.29, 0.717) is 12.8 Å². The molecule has 32 heavy (non-hydrogen) atoms. The number of hydrogen-bond donors (Lipinski definition) is 2. The molecule has 162 valence electrons. The van der Waals surface area contributed by atoms with Gasteiger partial charge in [0.2, 0.25) is 15.9 Å². The molecule has 0 radical (unpaired) electrons. The first-order valence-corrected chi connectivity index (χ1v) is 11.8. The summed E-state index contributed by atoms with van der Waals surface area (Å²) in [5.74, 6) is -0.504. The fourth-order valence-electron chi connectivity index (χ4n) is 3.48. The van der Waals surface area contributed by atoms with Crippen molar-refractivity contribution >= 4 is 15.9 Å². The average molecular weight is 446 g/mol. The summed E-state index contributed by atoms with van der Waals surface area (Å²) in [6, 6.07) is 26.3. The van der Waals surface area contributed by atoms with Crippen LogP contribution < -0.4 is 10.0 Å². The summed E-state index contributed by atoms with van der Waals surface area (Å²) in [4.78, 5) is 13.0. The van der Waals surface area contributed by atoms with Crippen LogP contribution in [-0.2, 0) is 21.2 Å². The van der Waals surface area contributed by atoms with E-state index in [0.717, 1.165) is 16.7 Å². The molecular formula is C25H23N3O3S. The van der Waals surface area contributed by atoms with Crippen LogP contribution in [-0.4, -0.2) is 25.9 Å². The summed E-state index contributed by atoms with van der Waals surface area (Å²) in [5.41, 5.74) is 1.59. The Labute approximate surface area is 188 Å². The number of nitrogens with zero attached hydrogens (tertiary/aromatic N) is 1. The minimum absolute atomic E-state index is 0.0751. The highest BCUT2D eigenvalue weighted by atomic mass is 32.2. The van der Waals surface area contributed by atoms with Crippen LogP contribution >= 0.6 is 0 Å². The second-order valence-electron chi connectivity index (χ2n) is 7.94. The number of sulfonamides is 1. The number of amides is 1. The van der Waals surface area contributed by atoms with Crippen LogP contribution in [0.3, 0.4) is 0 Å². The second-order valence-corrected chi connectivity index (χ2v) is 9.65. The Morgan fingerprint density at radius 3 is 2.19 bits per heavy atom. The number of nitrogens with one attached hydrogen (secondary N) is 2. The molecule has 1 aliphatic carbocycles. The fraction of sp³-hybridized carbons (Fsp3) is 0.200. The molecule has 1 amide bonds. The zero-order chi connectivity index (χ0) is 22.6. The lowest BCUT2D eigenvalue weighted by molar-refractivity contribution is -0.123. The maximum atomic E-state index is 13.2. The third-order valence-electron chi connectivity index (χ3n) is 5.47. The summed E-state index contributed by atoms with van der Waals surface area (Å²) >= 11 is 0.